The molecule has 33 heavy (non-hydrogen) atoms. The van der Waals surface area contributed by atoms with Crippen molar-refractivity contribution < 1.29 is 14.6 Å². The Labute approximate surface area is 196 Å². The normalized spacial score (nSPS) is 15.8. The number of carbonyl (C=O) groups is 1. The maximum atomic E-state index is 12.6. The van der Waals surface area contributed by atoms with Crippen LogP contribution < -0.4 is 4.74 Å². The SMILES string of the molecule is COc1cccc(CN2CCC(Cc3ccccc3-c3ccc(C)cc3C)(C(=O)O)CC2)c1. The summed E-state index contributed by atoms with van der Waals surface area (Å²) < 4.78 is 5.34. The van der Waals surface area contributed by atoms with Gasteiger partial charge in [-0.15, -0.1) is 0 Å². The van der Waals surface area contributed by atoms with Crippen LogP contribution in [0.2, 0.25) is 0 Å². The Balaban J connectivity index is 1.53. The first-order valence-electron chi connectivity index (χ1n) is 11.6. The van der Waals surface area contributed by atoms with E-state index in [4.69, 9.17) is 4.74 Å². The average Bonchev–Trinajstić information content (AvgIpc) is 2.81. The molecular weight excluding hydrogens is 410 g/mol. The van der Waals surface area contributed by atoms with Gasteiger partial charge in [-0.25, -0.2) is 0 Å². The monoisotopic (exact) mass is 443 g/mol. The number of hydrogen-bond acceptors (Lipinski definition) is 3. The van der Waals surface area contributed by atoms with Gasteiger partial charge in [0.15, 0.2) is 0 Å². The highest BCUT2D eigenvalue weighted by Crippen LogP contribution is 2.39. The van der Waals surface area contributed by atoms with E-state index in [2.05, 4.69) is 61.2 Å². The van der Waals surface area contributed by atoms with Crippen LogP contribution in [-0.4, -0.2) is 36.2 Å². The fourth-order valence-corrected chi connectivity index (χ4v) is 5.05. The molecule has 1 saturated heterocycles. The smallest absolute Gasteiger partial charge is 0.310 e. The number of aliphatic carboxylic acids is 1. The Kier molecular flexibility index (Phi) is 6.85. The van der Waals surface area contributed by atoms with E-state index in [9.17, 15) is 9.90 Å². The van der Waals surface area contributed by atoms with Crippen molar-refractivity contribution in [2.45, 2.75) is 39.7 Å². The van der Waals surface area contributed by atoms with Gasteiger partial charge in [0.05, 0.1) is 12.5 Å². The lowest BCUT2D eigenvalue weighted by Gasteiger charge is -2.39. The Hall–Kier alpha value is -3.11. The van der Waals surface area contributed by atoms with Gasteiger partial charge in [0.25, 0.3) is 0 Å². The van der Waals surface area contributed by atoms with Crippen LogP contribution >= 0.6 is 0 Å². The van der Waals surface area contributed by atoms with E-state index in [1.54, 1.807) is 7.11 Å². The lowest BCUT2D eigenvalue weighted by atomic mass is 9.72. The number of ether oxygens (including phenoxy) is 1. The molecule has 4 nitrogen and oxygen atoms in total. The molecule has 0 saturated carbocycles. The van der Waals surface area contributed by atoms with Crippen molar-refractivity contribution in [1.29, 1.82) is 0 Å². The molecule has 0 atom stereocenters. The molecule has 0 bridgehead atoms. The summed E-state index contributed by atoms with van der Waals surface area (Å²) in [6.45, 7) is 6.58. The quantitative estimate of drug-likeness (QED) is 0.495. The number of aryl methyl sites for hydroxylation is 2. The Morgan fingerprint density at radius 2 is 1.73 bits per heavy atom. The Bertz CT molecular complexity index is 1130. The fourth-order valence-electron chi connectivity index (χ4n) is 5.05. The number of piperidine rings is 1. The summed E-state index contributed by atoms with van der Waals surface area (Å²) in [6, 6.07) is 22.9. The molecule has 3 aromatic rings. The predicted octanol–water partition coefficient (Wildman–Crippen LogP) is 5.89. The minimum atomic E-state index is -0.737. The highest BCUT2D eigenvalue weighted by Gasteiger charge is 2.42. The summed E-state index contributed by atoms with van der Waals surface area (Å²) in [7, 11) is 1.68. The number of rotatable bonds is 7. The molecule has 0 amide bonds. The van der Waals surface area contributed by atoms with Gasteiger partial charge < -0.3 is 9.84 Å². The number of methoxy groups -OCH3 is 1. The zero-order valence-corrected chi connectivity index (χ0v) is 19.8. The first-order chi connectivity index (χ1) is 15.9. The molecule has 0 unspecified atom stereocenters. The van der Waals surface area contributed by atoms with Crippen LogP contribution in [0, 0.1) is 19.3 Å². The number of benzene rings is 3. The number of carboxylic acid groups (broad SMARTS) is 1. The molecule has 0 radical (unpaired) electrons. The van der Waals surface area contributed by atoms with Crippen molar-refractivity contribution in [3.8, 4) is 16.9 Å². The minimum Gasteiger partial charge on any atom is -0.497 e. The molecule has 1 N–H and O–H groups in total. The van der Waals surface area contributed by atoms with E-state index < -0.39 is 11.4 Å². The topological polar surface area (TPSA) is 49.8 Å². The first kappa shape index (κ1) is 23.1. The third-order valence-corrected chi connectivity index (χ3v) is 7.03. The van der Waals surface area contributed by atoms with Crippen molar-refractivity contribution in [1.82, 2.24) is 4.90 Å². The maximum Gasteiger partial charge on any atom is 0.310 e. The van der Waals surface area contributed by atoms with Gasteiger partial charge in [-0.2, -0.15) is 0 Å². The molecule has 1 aliphatic heterocycles. The van der Waals surface area contributed by atoms with Gasteiger partial charge in [0, 0.05) is 6.54 Å². The van der Waals surface area contributed by atoms with Crippen LogP contribution in [0.25, 0.3) is 11.1 Å². The Morgan fingerprint density at radius 3 is 2.42 bits per heavy atom. The van der Waals surface area contributed by atoms with E-state index in [0.29, 0.717) is 19.3 Å². The summed E-state index contributed by atoms with van der Waals surface area (Å²) in [5.74, 6) is 0.173. The van der Waals surface area contributed by atoms with E-state index in [0.717, 1.165) is 36.5 Å². The zero-order valence-electron chi connectivity index (χ0n) is 19.8. The number of nitrogens with zero attached hydrogens (tertiary/aromatic N) is 1. The lowest BCUT2D eigenvalue weighted by Crippen LogP contribution is -2.45. The summed E-state index contributed by atoms with van der Waals surface area (Å²) in [4.78, 5) is 14.9. The number of likely N-dealkylation sites (tertiary alicyclic amines) is 1. The molecule has 1 fully saturated rings. The van der Waals surface area contributed by atoms with Gasteiger partial charge in [0.2, 0.25) is 0 Å². The molecule has 0 aliphatic carbocycles. The van der Waals surface area contributed by atoms with Crippen LogP contribution in [0.4, 0.5) is 0 Å². The summed E-state index contributed by atoms with van der Waals surface area (Å²) >= 11 is 0. The summed E-state index contributed by atoms with van der Waals surface area (Å²) in [5, 5.41) is 10.3. The zero-order chi connectivity index (χ0) is 23.4. The lowest BCUT2D eigenvalue weighted by molar-refractivity contribution is -0.152. The Morgan fingerprint density at radius 1 is 0.970 bits per heavy atom. The second kappa shape index (κ2) is 9.80. The highest BCUT2D eigenvalue weighted by atomic mass is 16.5. The molecule has 0 spiro atoms. The average molecular weight is 444 g/mol. The van der Waals surface area contributed by atoms with Crippen molar-refractivity contribution in [2.24, 2.45) is 5.41 Å². The molecule has 1 aliphatic rings. The van der Waals surface area contributed by atoms with Crippen LogP contribution in [0.15, 0.2) is 66.7 Å². The minimum absolute atomic E-state index is 0.554. The van der Waals surface area contributed by atoms with Crippen molar-refractivity contribution in [3.05, 3.63) is 89.0 Å². The third-order valence-electron chi connectivity index (χ3n) is 7.03. The largest absolute Gasteiger partial charge is 0.497 e. The second-order valence-corrected chi connectivity index (χ2v) is 9.37. The molecule has 0 aromatic heterocycles. The standard InChI is InChI=1S/C29H33NO3/c1-21-11-12-26(22(2)17-21)27-10-5-4-8-24(27)19-29(28(31)32)13-15-30(16-14-29)20-23-7-6-9-25(18-23)33-3/h4-12,17-18H,13-16,19-20H2,1-3H3,(H,31,32). The van der Waals surface area contributed by atoms with Crippen LogP contribution in [0.5, 0.6) is 5.75 Å². The maximum absolute atomic E-state index is 12.6. The summed E-state index contributed by atoms with van der Waals surface area (Å²) in [6.07, 6.45) is 1.85. The van der Waals surface area contributed by atoms with E-state index in [1.165, 1.54) is 22.3 Å². The molecule has 4 heteroatoms. The fraction of sp³-hybridized carbons (Fsp3) is 0.345. The van der Waals surface area contributed by atoms with Gasteiger partial charge in [-0.1, -0.05) is 60.2 Å². The number of carboxylic acids is 1. The first-order valence-corrected chi connectivity index (χ1v) is 11.6. The van der Waals surface area contributed by atoms with E-state index in [-0.39, 0.29) is 0 Å². The molecule has 4 rings (SSSR count). The van der Waals surface area contributed by atoms with Crippen LogP contribution in [0.1, 0.15) is 35.1 Å². The molecule has 3 aromatic carbocycles. The molecule has 1 heterocycles. The number of hydrogen-bond donors (Lipinski definition) is 1. The molecule has 172 valence electrons. The van der Waals surface area contributed by atoms with Crippen molar-refractivity contribution >= 4 is 5.97 Å². The van der Waals surface area contributed by atoms with Crippen molar-refractivity contribution in [3.63, 3.8) is 0 Å². The predicted molar refractivity (Wildman–Crippen MR) is 133 cm³/mol. The second-order valence-electron chi connectivity index (χ2n) is 9.37. The van der Waals surface area contributed by atoms with Gasteiger partial charge in [-0.3, -0.25) is 9.69 Å². The third kappa shape index (κ3) is 5.12. The van der Waals surface area contributed by atoms with Crippen LogP contribution in [0.3, 0.4) is 0 Å². The highest BCUT2D eigenvalue weighted by molar-refractivity contribution is 5.77. The van der Waals surface area contributed by atoms with Gasteiger partial charge in [-0.05, 0) is 86.1 Å². The van der Waals surface area contributed by atoms with E-state index in [1.807, 2.05) is 24.3 Å². The summed E-state index contributed by atoms with van der Waals surface area (Å²) in [5.41, 5.74) is 6.37. The van der Waals surface area contributed by atoms with Gasteiger partial charge >= 0.3 is 5.97 Å². The van der Waals surface area contributed by atoms with Crippen LogP contribution in [-0.2, 0) is 17.8 Å². The van der Waals surface area contributed by atoms with Gasteiger partial charge in [0.1, 0.15) is 5.75 Å². The van der Waals surface area contributed by atoms with Crippen molar-refractivity contribution in [2.75, 3.05) is 20.2 Å². The van der Waals surface area contributed by atoms with E-state index >= 15 is 0 Å². The molecular formula is C29H33NO3.